The normalized spacial score (nSPS) is 9.88. The van der Waals surface area contributed by atoms with E-state index in [4.69, 9.17) is 22.7 Å². The van der Waals surface area contributed by atoms with Crippen molar-refractivity contribution < 1.29 is 9.53 Å². The van der Waals surface area contributed by atoms with Gasteiger partial charge >= 0.3 is 0 Å². The van der Waals surface area contributed by atoms with Gasteiger partial charge in [0.15, 0.2) is 0 Å². The Morgan fingerprint density at radius 3 is 2.81 bits per heavy atom. The first kappa shape index (κ1) is 13.1. The number of hydrogen-bond acceptors (Lipinski definition) is 3. The third kappa shape index (κ3) is 3.55. The third-order valence-corrected chi connectivity index (χ3v) is 2.69. The van der Waals surface area contributed by atoms with Crippen molar-refractivity contribution in [3.8, 4) is 0 Å². The maximum absolute atomic E-state index is 11.3. The maximum atomic E-state index is 11.3. The Labute approximate surface area is 107 Å². The zero-order valence-electron chi connectivity index (χ0n) is 8.62. The monoisotopic (exact) mass is 302 g/mol. The number of hydrogen-bond donors (Lipinski definition) is 2. The van der Waals surface area contributed by atoms with Gasteiger partial charge in [0.25, 0.3) is 0 Å². The van der Waals surface area contributed by atoms with Crippen molar-refractivity contribution in [1.82, 2.24) is 0 Å². The van der Waals surface area contributed by atoms with Gasteiger partial charge in [0.05, 0.1) is 5.69 Å². The van der Waals surface area contributed by atoms with Gasteiger partial charge in [-0.2, -0.15) is 0 Å². The number of carbonyl (C=O) groups excluding carboxylic acids is 1. The summed E-state index contributed by atoms with van der Waals surface area (Å²) in [5.41, 5.74) is 6.88. The predicted molar refractivity (Wildman–Crippen MR) is 70.5 cm³/mol. The van der Waals surface area contributed by atoms with Gasteiger partial charge < -0.3 is 15.8 Å². The van der Waals surface area contributed by atoms with Gasteiger partial charge in [0.2, 0.25) is 5.91 Å². The van der Waals surface area contributed by atoms with Crippen molar-refractivity contribution in [2.75, 3.05) is 19.0 Å². The van der Waals surface area contributed by atoms with Crippen molar-refractivity contribution in [2.24, 2.45) is 5.73 Å². The fourth-order valence-corrected chi connectivity index (χ4v) is 1.69. The average molecular weight is 303 g/mol. The molecule has 0 unspecified atom stereocenters. The number of rotatable bonds is 4. The quantitative estimate of drug-likeness (QED) is 0.831. The summed E-state index contributed by atoms with van der Waals surface area (Å²) in [6.45, 7) is 0.0174. The third-order valence-electron chi connectivity index (χ3n) is 1.80. The molecule has 0 atom stereocenters. The molecule has 4 nitrogen and oxygen atoms in total. The van der Waals surface area contributed by atoms with Crippen molar-refractivity contribution in [1.29, 1.82) is 0 Å². The Morgan fingerprint density at radius 2 is 2.31 bits per heavy atom. The molecule has 0 saturated heterocycles. The first-order chi connectivity index (χ1) is 7.54. The van der Waals surface area contributed by atoms with Gasteiger partial charge in [-0.05, 0) is 34.1 Å². The van der Waals surface area contributed by atoms with E-state index in [9.17, 15) is 4.79 Å². The van der Waals surface area contributed by atoms with E-state index in [-0.39, 0.29) is 12.5 Å². The van der Waals surface area contributed by atoms with Gasteiger partial charge in [-0.25, -0.2) is 0 Å². The van der Waals surface area contributed by atoms with Gasteiger partial charge in [-0.3, -0.25) is 4.79 Å². The summed E-state index contributed by atoms with van der Waals surface area (Å²) in [5, 5.41) is 2.68. The summed E-state index contributed by atoms with van der Waals surface area (Å²) < 4.78 is 5.43. The van der Waals surface area contributed by atoms with Crippen molar-refractivity contribution >= 4 is 44.7 Å². The number of nitrogens with one attached hydrogen (secondary N) is 1. The molecule has 86 valence electrons. The smallest absolute Gasteiger partial charge is 0.250 e. The summed E-state index contributed by atoms with van der Waals surface area (Å²) in [6.07, 6.45) is 0. The van der Waals surface area contributed by atoms with Crippen LogP contribution in [0.5, 0.6) is 0 Å². The number of thiocarbonyl (C=S) groups is 1. The molecule has 1 aromatic carbocycles. The molecule has 1 rings (SSSR count). The Kier molecular flexibility index (Phi) is 4.85. The lowest BCUT2D eigenvalue weighted by atomic mass is 10.2. The Morgan fingerprint density at radius 1 is 1.62 bits per heavy atom. The molecule has 0 heterocycles. The van der Waals surface area contributed by atoms with Crippen molar-refractivity contribution in [3.05, 3.63) is 28.2 Å². The number of halogens is 1. The van der Waals surface area contributed by atoms with E-state index >= 15 is 0 Å². The standard InChI is InChI=1S/C10H11BrN2O2S/c1-15-5-9(14)13-8-3-2-6(10(12)16)4-7(8)11/h2-4H,5H2,1H3,(H2,12,16)(H,13,14). The molecule has 6 heteroatoms. The number of benzene rings is 1. The highest BCUT2D eigenvalue weighted by Gasteiger charge is 2.06. The topological polar surface area (TPSA) is 64.3 Å². The van der Waals surface area contributed by atoms with E-state index < -0.39 is 0 Å². The van der Waals surface area contributed by atoms with Crippen LogP contribution in [0.3, 0.4) is 0 Å². The van der Waals surface area contributed by atoms with E-state index in [0.717, 1.165) is 10.0 Å². The van der Waals surface area contributed by atoms with Crippen LogP contribution in [0.4, 0.5) is 5.69 Å². The highest BCUT2D eigenvalue weighted by atomic mass is 79.9. The molecular weight excluding hydrogens is 292 g/mol. The minimum absolute atomic E-state index is 0.0174. The van der Waals surface area contributed by atoms with Gasteiger partial charge in [0, 0.05) is 17.1 Å². The van der Waals surface area contributed by atoms with Crippen LogP contribution in [-0.4, -0.2) is 24.6 Å². The Balaban J connectivity index is 2.83. The molecule has 1 amide bonds. The lowest BCUT2D eigenvalue weighted by Gasteiger charge is -2.08. The maximum Gasteiger partial charge on any atom is 0.250 e. The second-order valence-electron chi connectivity index (χ2n) is 3.04. The van der Waals surface area contributed by atoms with E-state index in [2.05, 4.69) is 21.2 Å². The van der Waals surface area contributed by atoms with Crippen molar-refractivity contribution in [3.63, 3.8) is 0 Å². The molecule has 0 fully saturated rings. The van der Waals surface area contributed by atoms with Crippen LogP contribution < -0.4 is 11.1 Å². The van der Waals surface area contributed by atoms with E-state index in [1.807, 2.05) is 0 Å². The SMILES string of the molecule is COCC(=O)Nc1ccc(C(N)=S)cc1Br. The summed E-state index contributed by atoms with van der Waals surface area (Å²) in [7, 11) is 1.46. The zero-order chi connectivity index (χ0) is 12.1. The van der Waals surface area contributed by atoms with Crippen LogP contribution in [-0.2, 0) is 9.53 Å². The number of methoxy groups -OCH3 is 1. The Hall–Kier alpha value is -0.980. The second-order valence-corrected chi connectivity index (χ2v) is 4.33. The minimum atomic E-state index is -0.216. The summed E-state index contributed by atoms with van der Waals surface area (Å²) in [4.78, 5) is 11.6. The molecule has 3 N–H and O–H groups in total. The zero-order valence-corrected chi connectivity index (χ0v) is 11.0. The van der Waals surface area contributed by atoms with E-state index in [1.54, 1.807) is 18.2 Å². The van der Waals surface area contributed by atoms with E-state index in [1.165, 1.54) is 7.11 Å². The molecule has 0 spiro atoms. The Bertz CT molecular complexity index is 423. The highest BCUT2D eigenvalue weighted by Crippen LogP contribution is 2.23. The molecule has 0 bridgehead atoms. The minimum Gasteiger partial charge on any atom is -0.389 e. The largest absolute Gasteiger partial charge is 0.389 e. The van der Waals surface area contributed by atoms with Gasteiger partial charge in [-0.1, -0.05) is 12.2 Å². The first-order valence-corrected chi connectivity index (χ1v) is 5.63. The van der Waals surface area contributed by atoms with E-state index in [0.29, 0.717) is 10.7 Å². The molecule has 0 aromatic heterocycles. The van der Waals surface area contributed by atoms with Crippen LogP contribution in [0.2, 0.25) is 0 Å². The number of carbonyl (C=O) groups is 1. The summed E-state index contributed by atoms with van der Waals surface area (Å²) >= 11 is 8.17. The lowest BCUT2D eigenvalue weighted by Crippen LogP contribution is -2.17. The molecule has 0 radical (unpaired) electrons. The highest BCUT2D eigenvalue weighted by molar-refractivity contribution is 9.10. The lowest BCUT2D eigenvalue weighted by molar-refractivity contribution is -0.119. The van der Waals surface area contributed by atoms with Gasteiger partial charge in [-0.15, -0.1) is 0 Å². The fourth-order valence-electron chi connectivity index (χ4n) is 1.09. The summed E-state index contributed by atoms with van der Waals surface area (Å²) in [5.74, 6) is -0.216. The summed E-state index contributed by atoms with van der Waals surface area (Å²) in [6, 6.07) is 5.23. The average Bonchev–Trinajstić information content (AvgIpc) is 2.21. The number of amides is 1. The molecule has 0 saturated carbocycles. The van der Waals surface area contributed by atoms with Crippen LogP contribution in [0.1, 0.15) is 5.56 Å². The molecular formula is C10H11BrN2O2S. The first-order valence-electron chi connectivity index (χ1n) is 4.42. The predicted octanol–water partition coefficient (Wildman–Crippen LogP) is 1.67. The van der Waals surface area contributed by atoms with Crippen molar-refractivity contribution in [2.45, 2.75) is 0 Å². The number of nitrogens with two attached hydrogens (primary N) is 1. The molecule has 16 heavy (non-hydrogen) atoms. The number of ether oxygens (including phenoxy) is 1. The van der Waals surface area contributed by atoms with Crippen LogP contribution in [0.25, 0.3) is 0 Å². The van der Waals surface area contributed by atoms with Crippen LogP contribution in [0.15, 0.2) is 22.7 Å². The molecule has 0 aliphatic carbocycles. The fraction of sp³-hybridized carbons (Fsp3) is 0.200. The van der Waals surface area contributed by atoms with Crippen LogP contribution >= 0.6 is 28.1 Å². The van der Waals surface area contributed by atoms with Crippen LogP contribution in [0, 0.1) is 0 Å². The van der Waals surface area contributed by atoms with Gasteiger partial charge in [0.1, 0.15) is 11.6 Å². The molecule has 1 aromatic rings. The molecule has 0 aliphatic heterocycles. The number of anilines is 1. The molecule has 0 aliphatic rings. The second kappa shape index (κ2) is 5.93.